The Balaban J connectivity index is 2.35. The van der Waals surface area contributed by atoms with Crippen molar-refractivity contribution in [2.75, 3.05) is 0 Å². The van der Waals surface area contributed by atoms with Gasteiger partial charge in [-0.3, -0.25) is 0 Å². The largest absolute Gasteiger partial charge is 0.505 e. The molecule has 0 saturated carbocycles. The van der Waals surface area contributed by atoms with Gasteiger partial charge in [-0.05, 0) is 63.0 Å². The standard InChI is InChI=1S/C12H18BBrO2S/c1-7-9(14)8(2)17-10(7)13-15-11(3,4)12(5,6)16-13/h1-6H3. The number of hydrogen-bond acceptors (Lipinski definition) is 3. The van der Waals surface area contributed by atoms with Crippen LogP contribution in [0.1, 0.15) is 38.1 Å². The molecule has 0 unspecified atom stereocenters. The molecule has 1 fully saturated rings. The van der Waals surface area contributed by atoms with Crippen molar-refractivity contribution in [2.45, 2.75) is 52.7 Å². The number of thiophene rings is 1. The molecule has 5 heteroatoms. The van der Waals surface area contributed by atoms with E-state index in [1.165, 1.54) is 19.7 Å². The first-order chi connectivity index (χ1) is 7.66. The van der Waals surface area contributed by atoms with Crippen molar-refractivity contribution < 1.29 is 9.31 Å². The number of rotatable bonds is 1. The lowest BCUT2D eigenvalue weighted by Crippen LogP contribution is -2.41. The van der Waals surface area contributed by atoms with E-state index >= 15 is 0 Å². The third-order valence-corrected chi connectivity index (χ3v) is 6.42. The lowest BCUT2D eigenvalue weighted by molar-refractivity contribution is 0.00578. The average molecular weight is 317 g/mol. The highest BCUT2D eigenvalue weighted by molar-refractivity contribution is 9.10. The van der Waals surface area contributed by atoms with Gasteiger partial charge in [-0.2, -0.15) is 0 Å². The Hall–Kier alpha value is 0.165. The van der Waals surface area contributed by atoms with E-state index in [1.54, 1.807) is 11.3 Å². The molecular formula is C12H18BBrO2S. The molecule has 2 rings (SSSR count). The van der Waals surface area contributed by atoms with Crippen molar-refractivity contribution in [3.05, 3.63) is 14.9 Å². The molecule has 2 heterocycles. The summed E-state index contributed by atoms with van der Waals surface area (Å²) in [6, 6.07) is 0. The minimum absolute atomic E-state index is 0.241. The van der Waals surface area contributed by atoms with Crippen LogP contribution < -0.4 is 4.78 Å². The van der Waals surface area contributed by atoms with Crippen LogP contribution in [0.3, 0.4) is 0 Å². The number of hydrogen-bond donors (Lipinski definition) is 0. The van der Waals surface area contributed by atoms with Gasteiger partial charge in [0.25, 0.3) is 0 Å². The van der Waals surface area contributed by atoms with Crippen LogP contribution in [0.4, 0.5) is 0 Å². The van der Waals surface area contributed by atoms with Crippen LogP contribution in [-0.2, 0) is 9.31 Å². The molecule has 94 valence electrons. The van der Waals surface area contributed by atoms with E-state index in [2.05, 4.69) is 57.5 Å². The van der Waals surface area contributed by atoms with E-state index in [0.717, 1.165) is 0 Å². The zero-order valence-corrected chi connectivity index (χ0v) is 13.6. The third-order valence-electron chi connectivity index (χ3n) is 3.74. The van der Waals surface area contributed by atoms with Crippen molar-refractivity contribution in [3.63, 3.8) is 0 Å². The Labute approximate surface area is 116 Å². The molecule has 1 saturated heterocycles. The monoisotopic (exact) mass is 316 g/mol. The van der Waals surface area contributed by atoms with Gasteiger partial charge in [-0.1, -0.05) is 0 Å². The second-order valence-corrected chi connectivity index (χ2v) is 7.60. The van der Waals surface area contributed by atoms with Crippen molar-refractivity contribution in [1.82, 2.24) is 0 Å². The predicted octanol–water partition coefficient (Wildman–Crippen LogP) is 3.43. The molecule has 2 nitrogen and oxygen atoms in total. The Kier molecular flexibility index (Phi) is 3.27. The van der Waals surface area contributed by atoms with E-state index in [9.17, 15) is 0 Å². The Morgan fingerprint density at radius 2 is 1.53 bits per heavy atom. The summed E-state index contributed by atoms with van der Waals surface area (Å²) in [6.07, 6.45) is 0. The highest BCUT2D eigenvalue weighted by Crippen LogP contribution is 2.38. The SMILES string of the molecule is Cc1sc(B2OC(C)(C)C(C)(C)O2)c(C)c1Br. The first-order valence-electron chi connectivity index (χ1n) is 5.77. The van der Waals surface area contributed by atoms with Gasteiger partial charge in [0.15, 0.2) is 0 Å². The summed E-state index contributed by atoms with van der Waals surface area (Å²) in [5, 5.41) is 0. The van der Waals surface area contributed by atoms with Gasteiger partial charge in [-0.25, -0.2) is 0 Å². The molecule has 17 heavy (non-hydrogen) atoms. The summed E-state index contributed by atoms with van der Waals surface area (Å²) >= 11 is 5.35. The fourth-order valence-electron chi connectivity index (χ4n) is 1.83. The van der Waals surface area contributed by atoms with Crippen LogP contribution in [0.2, 0.25) is 0 Å². The zero-order chi connectivity index (χ0) is 13.0. The normalized spacial score (nSPS) is 22.2. The van der Waals surface area contributed by atoms with Crippen LogP contribution in [-0.4, -0.2) is 18.3 Å². The fourth-order valence-corrected chi connectivity index (χ4v) is 3.44. The number of aryl methyl sites for hydroxylation is 1. The minimum atomic E-state index is -0.269. The van der Waals surface area contributed by atoms with Crippen LogP contribution in [0.5, 0.6) is 0 Å². The Morgan fingerprint density at radius 1 is 1.06 bits per heavy atom. The van der Waals surface area contributed by atoms with Crippen LogP contribution in [0, 0.1) is 13.8 Å². The van der Waals surface area contributed by atoms with Gasteiger partial charge < -0.3 is 9.31 Å². The predicted molar refractivity (Wildman–Crippen MR) is 77.2 cm³/mol. The Bertz CT molecular complexity index is 438. The molecule has 0 aromatic carbocycles. The van der Waals surface area contributed by atoms with Crippen LogP contribution >= 0.6 is 27.3 Å². The van der Waals surface area contributed by atoms with Crippen molar-refractivity contribution >= 4 is 39.2 Å². The van der Waals surface area contributed by atoms with Gasteiger partial charge in [0.05, 0.1) is 11.2 Å². The van der Waals surface area contributed by atoms with E-state index in [4.69, 9.17) is 9.31 Å². The summed E-state index contributed by atoms with van der Waals surface area (Å²) in [5.74, 6) is 0. The van der Waals surface area contributed by atoms with Gasteiger partial charge in [0, 0.05) is 14.1 Å². The first kappa shape index (κ1) is 13.6. The molecule has 0 atom stereocenters. The molecule has 0 radical (unpaired) electrons. The molecule has 1 aliphatic heterocycles. The summed E-state index contributed by atoms with van der Waals surface area (Å²) in [5.41, 5.74) is 0.689. The molecule has 1 aromatic heterocycles. The molecule has 1 aromatic rings. The van der Waals surface area contributed by atoms with E-state index < -0.39 is 0 Å². The maximum atomic E-state index is 6.07. The lowest BCUT2D eigenvalue weighted by atomic mass is 9.85. The van der Waals surface area contributed by atoms with Gasteiger partial charge in [0.2, 0.25) is 0 Å². The molecule has 0 bridgehead atoms. The molecule has 0 spiro atoms. The van der Waals surface area contributed by atoms with Crippen LogP contribution in [0.15, 0.2) is 4.47 Å². The highest BCUT2D eigenvalue weighted by Gasteiger charge is 2.52. The summed E-state index contributed by atoms with van der Waals surface area (Å²) in [4.78, 5) is 1.27. The average Bonchev–Trinajstić information content (AvgIpc) is 2.55. The van der Waals surface area contributed by atoms with Crippen molar-refractivity contribution in [3.8, 4) is 0 Å². The van der Waals surface area contributed by atoms with Crippen molar-refractivity contribution in [2.24, 2.45) is 0 Å². The summed E-state index contributed by atoms with van der Waals surface area (Å²) in [6.45, 7) is 12.5. The smallest absolute Gasteiger partial charge is 0.399 e. The quantitative estimate of drug-likeness (QED) is 0.739. The van der Waals surface area contributed by atoms with E-state index in [0.29, 0.717) is 0 Å². The fraction of sp³-hybridized carbons (Fsp3) is 0.667. The third kappa shape index (κ3) is 2.11. The molecule has 0 aliphatic carbocycles. The van der Waals surface area contributed by atoms with E-state index in [-0.39, 0.29) is 18.3 Å². The second kappa shape index (κ2) is 4.09. The highest BCUT2D eigenvalue weighted by atomic mass is 79.9. The second-order valence-electron chi connectivity index (χ2n) is 5.55. The zero-order valence-electron chi connectivity index (χ0n) is 11.2. The topological polar surface area (TPSA) is 18.5 Å². The molecule has 0 N–H and O–H groups in total. The lowest BCUT2D eigenvalue weighted by Gasteiger charge is -2.32. The molecule has 0 amide bonds. The van der Waals surface area contributed by atoms with Gasteiger partial charge in [-0.15, -0.1) is 11.3 Å². The molecular weight excluding hydrogens is 299 g/mol. The maximum absolute atomic E-state index is 6.07. The minimum Gasteiger partial charge on any atom is -0.399 e. The molecule has 1 aliphatic rings. The maximum Gasteiger partial charge on any atom is 0.505 e. The van der Waals surface area contributed by atoms with E-state index in [1.807, 2.05) is 0 Å². The van der Waals surface area contributed by atoms with Crippen molar-refractivity contribution in [1.29, 1.82) is 0 Å². The number of halogens is 1. The van der Waals surface area contributed by atoms with Gasteiger partial charge in [0.1, 0.15) is 0 Å². The summed E-state index contributed by atoms with van der Waals surface area (Å²) in [7, 11) is -0.241. The first-order valence-corrected chi connectivity index (χ1v) is 7.38. The summed E-state index contributed by atoms with van der Waals surface area (Å²) < 4.78 is 14.5. The van der Waals surface area contributed by atoms with Crippen LogP contribution in [0.25, 0.3) is 0 Å². The Morgan fingerprint density at radius 3 is 1.88 bits per heavy atom. The van der Waals surface area contributed by atoms with Gasteiger partial charge >= 0.3 is 7.12 Å².